The van der Waals surface area contributed by atoms with Gasteiger partial charge in [-0.2, -0.15) is 0 Å². The van der Waals surface area contributed by atoms with Crippen molar-refractivity contribution in [3.8, 4) is 5.75 Å². The molecular weight excluding hydrogens is 169 g/mol. The Hall–Kier alpha value is -1.09. The van der Waals surface area contributed by atoms with Crippen molar-refractivity contribution in [1.29, 1.82) is 0 Å². The highest BCUT2D eigenvalue weighted by Gasteiger charge is 2.06. The summed E-state index contributed by atoms with van der Waals surface area (Å²) in [6.07, 6.45) is 0. The molecule has 1 aromatic rings. The van der Waals surface area contributed by atoms with Crippen LogP contribution in [0.3, 0.4) is 0 Å². The van der Waals surface area contributed by atoms with E-state index in [1.807, 2.05) is 6.92 Å². The molecule has 0 saturated heterocycles. The average Bonchev–Trinajstić information content (AvgIpc) is 2.11. The Morgan fingerprint density at radius 1 is 1.46 bits per heavy atom. The van der Waals surface area contributed by atoms with Gasteiger partial charge in [-0.25, -0.2) is 4.39 Å². The zero-order valence-electron chi connectivity index (χ0n) is 8.15. The molecule has 0 heterocycles. The molecule has 1 N–H and O–H groups in total. The molecule has 0 amide bonds. The SMILES string of the molecule is CNCc1cc(C)c(OC)cc1F. The Morgan fingerprint density at radius 2 is 2.15 bits per heavy atom. The third-order valence-electron chi connectivity index (χ3n) is 1.93. The second-order valence-electron chi connectivity index (χ2n) is 2.94. The summed E-state index contributed by atoms with van der Waals surface area (Å²) in [6.45, 7) is 2.44. The topological polar surface area (TPSA) is 21.3 Å². The molecule has 1 rings (SSSR count). The Kier molecular flexibility index (Phi) is 3.25. The molecule has 0 unspecified atom stereocenters. The third kappa shape index (κ3) is 2.18. The summed E-state index contributed by atoms with van der Waals surface area (Å²) in [5, 5.41) is 2.91. The lowest BCUT2D eigenvalue weighted by atomic mass is 10.1. The monoisotopic (exact) mass is 183 g/mol. The normalized spacial score (nSPS) is 10.2. The Bertz CT molecular complexity index is 299. The van der Waals surface area contributed by atoms with Gasteiger partial charge in [0, 0.05) is 18.2 Å². The van der Waals surface area contributed by atoms with Crippen molar-refractivity contribution in [3.63, 3.8) is 0 Å². The first-order valence-corrected chi connectivity index (χ1v) is 4.16. The van der Waals surface area contributed by atoms with Crippen LogP contribution in [0, 0.1) is 12.7 Å². The Morgan fingerprint density at radius 3 is 2.69 bits per heavy atom. The highest BCUT2D eigenvalue weighted by atomic mass is 19.1. The van der Waals surface area contributed by atoms with Crippen molar-refractivity contribution in [2.75, 3.05) is 14.2 Å². The van der Waals surface area contributed by atoms with Gasteiger partial charge in [-0.3, -0.25) is 0 Å². The minimum Gasteiger partial charge on any atom is -0.496 e. The van der Waals surface area contributed by atoms with Crippen LogP contribution in [0.1, 0.15) is 11.1 Å². The highest BCUT2D eigenvalue weighted by Crippen LogP contribution is 2.21. The summed E-state index contributed by atoms with van der Waals surface area (Å²) in [6, 6.07) is 3.21. The summed E-state index contributed by atoms with van der Waals surface area (Å²) in [4.78, 5) is 0. The second kappa shape index (κ2) is 4.23. The van der Waals surface area contributed by atoms with Crippen molar-refractivity contribution in [2.45, 2.75) is 13.5 Å². The second-order valence-corrected chi connectivity index (χ2v) is 2.94. The van der Waals surface area contributed by atoms with Crippen LogP contribution >= 0.6 is 0 Å². The zero-order valence-corrected chi connectivity index (χ0v) is 8.15. The van der Waals surface area contributed by atoms with Gasteiger partial charge in [-0.15, -0.1) is 0 Å². The quantitative estimate of drug-likeness (QED) is 0.772. The number of ether oxygens (including phenoxy) is 1. The van der Waals surface area contributed by atoms with Gasteiger partial charge in [-0.1, -0.05) is 0 Å². The lowest BCUT2D eigenvalue weighted by molar-refractivity contribution is 0.407. The minimum atomic E-state index is -0.225. The van der Waals surface area contributed by atoms with E-state index in [1.165, 1.54) is 6.07 Å². The molecule has 0 fully saturated rings. The molecule has 0 radical (unpaired) electrons. The van der Waals surface area contributed by atoms with Crippen LogP contribution in [0.15, 0.2) is 12.1 Å². The number of halogens is 1. The molecule has 0 spiro atoms. The number of benzene rings is 1. The maximum Gasteiger partial charge on any atom is 0.131 e. The van der Waals surface area contributed by atoms with E-state index in [2.05, 4.69) is 5.32 Å². The zero-order chi connectivity index (χ0) is 9.84. The van der Waals surface area contributed by atoms with E-state index in [4.69, 9.17) is 4.74 Å². The van der Waals surface area contributed by atoms with Gasteiger partial charge in [0.05, 0.1) is 7.11 Å². The first-order valence-electron chi connectivity index (χ1n) is 4.16. The van der Waals surface area contributed by atoms with Crippen LogP contribution in [0.2, 0.25) is 0 Å². The van der Waals surface area contributed by atoms with Gasteiger partial charge >= 0.3 is 0 Å². The van der Waals surface area contributed by atoms with Gasteiger partial charge in [0.1, 0.15) is 11.6 Å². The van der Waals surface area contributed by atoms with E-state index in [0.717, 1.165) is 5.56 Å². The molecule has 0 bridgehead atoms. The highest BCUT2D eigenvalue weighted by molar-refractivity contribution is 5.37. The minimum absolute atomic E-state index is 0.225. The summed E-state index contributed by atoms with van der Waals surface area (Å²) in [5.74, 6) is 0.370. The van der Waals surface area contributed by atoms with Crippen molar-refractivity contribution in [3.05, 3.63) is 29.1 Å². The number of aryl methyl sites for hydroxylation is 1. The smallest absolute Gasteiger partial charge is 0.131 e. The van der Waals surface area contributed by atoms with Gasteiger partial charge in [-0.05, 0) is 25.6 Å². The molecular formula is C10H14FNO. The number of hydrogen-bond acceptors (Lipinski definition) is 2. The lowest BCUT2D eigenvalue weighted by Crippen LogP contribution is -2.07. The number of rotatable bonds is 3. The Balaban J connectivity index is 3.05. The molecule has 0 atom stereocenters. The summed E-state index contributed by atoms with van der Waals surface area (Å²) < 4.78 is 18.3. The number of nitrogens with one attached hydrogen (secondary N) is 1. The predicted octanol–water partition coefficient (Wildman–Crippen LogP) is 1.86. The van der Waals surface area contributed by atoms with Crippen LogP contribution in [0.25, 0.3) is 0 Å². The summed E-state index contributed by atoms with van der Waals surface area (Å²) in [7, 11) is 3.33. The standard InChI is InChI=1S/C10H14FNO/c1-7-4-8(6-12-2)9(11)5-10(7)13-3/h4-5,12H,6H2,1-3H3. The molecule has 2 nitrogen and oxygen atoms in total. The molecule has 0 saturated carbocycles. The molecule has 0 aliphatic carbocycles. The van der Waals surface area contributed by atoms with E-state index in [0.29, 0.717) is 17.9 Å². The fraction of sp³-hybridized carbons (Fsp3) is 0.400. The van der Waals surface area contributed by atoms with Crippen LogP contribution in [0.4, 0.5) is 4.39 Å². The molecule has 3 heteroatoms. The third-order valence-corrected chi connectivity index (χ3v) is 1.93. The maximum atomic E-state index is 13.3. The van der Waals surface area contributed by atoms with Gasteiger partial charge in [0.2, 0.25) is 0 Å². The Labute approximate surface area is 77.7 Å². The largest absolute Gasteiger partial charge is 0.496 e. The fourth-order valence-corrected chi connectivity index (χ4v) is 1.27. The van der Waals surface area contributed by atoms with E-state index < -0.39 is 0 Å². The number of hydrogen-bond donors (Lipinski definition) is 1. The van der Waals surface area contributed by atoms with Crippen molar-refractivity contribution in [1.82, 2.24) is 5.32 Å². The molecule has 0 aliphatic heterocycles. The van der Waals surface area contributed by atoms with Crippen LogP contribution in [0.5, 0.6) is 5.75 Å². The average molecular weight is 183 g/mol. The van der Waals surface area contributed by atoms with Crippen LogP contribution in [-0.2, 0) is 6.54 Å². The molecule has 0 aromatic heterocycles. The maximum absolute atomic E-state index is 13.3. The fourth-order valence-electron chi connectivity index (χ4n) is 1.27. The molecule has 0 aliphatic rings. The van der Waals surface area contributed by atoms with E-state index in [1.54, 1.807) is 20.2 Å². The van der Waals surface area contributed by atoms with Gasteiger partial charge in [0.25, 0.3) is 0 Å². The summed E-state index contributed by atoms with van der Waals surface area (Å²) >= 11 is 0. The van der Waals surface area contributed by atoms with Crippen molar-refractivity contribution < 1.29 is 9.13 Å². The molecule has 72 valence electrons. The molecule has 13 heavy (non-hydrogen) atoms. The van der Waals surface area contributed by atoms with Gasteiger partial charge in [0.15, 0.2) is 0 Å². The first kappa shape index (κ1) is 9.99. The van der Waals surface area contributed by atoms with Crippen molar-refractivity contribution >= 4 is 0 Å². The van der Waals surface area contributed by atoms with Crippen LogP contribution in [-0.4, -0.2) is 14.2 Å². The van der Waals surface area contributed by atoms with E-state index in [9.17, 15) is 4.39 Å². The lowest BCUT2D eigenvalue weighted by Gasteiger charge is -2.08. The van der Waals surface area contributed by atoms with E-state index >= 15 is 0 Å². The number of methoxy groups -OCH3 is 1. The predicted molar refractivity (Wildman–Crippen MR) is 50.5 cm³/mol. The van der Waals surface area contributed by atoms with E-state index in [-0.39, 0.29) is 5.82 Å². The molecule has 1 aromatic carbocycles. The summed E-state index contributed by atoms with van der Waals surface area (Å²) in [5.41, 5.74) is 1.62. The van der Waals surface area contributed by atoms with Crippen LogP contribution < -0.4 is 10.1 Å². The first-order chi connectivity index (χ1) is 6.19. The van der Waals surface area contributed by atoms with Crippen molar-refractivity contribution in [2.24, 2.45) is 0 Å². The van der Waals surface area contributed by atoms with Gasteiger partial charge < -0.3 is 10.1 Å².